The van der Waals surface area contributed by atoms with E-state index in [1.54, 1.807) is 21.0 Å². The van der Waals surface area contributed by atoms with Crippen LogP contribution >= 0.6 is 0 Å². The zero-order valence-corrected chi connectivity index (χ0v) is 15.1. The standard InChI is InChI=1S/C15H26N2O6S/c1-10(2)24(19,20)16-8-15-14(18)5-4-12(22-15)6-11-7-13(9-21-3)23-17-11/h7,10,12,14-16,18H,4-6,8-9H2,1-3H3/t12-,14-,15+/m0/s1. The van der Waals surface area contributed by atoms with Crippen molar-refractivity contribution in [2.24, 2.45) is 0 Å². The topological polar surface area (TPSA) is 111 Å². The van der Waals surface area contributed by atoms with Gasteiger partial charge in [-0.05, 0) is 26.7 Å². The van der Waals surface area contributed by atoms with Crippen LogP contribution in [-0.2, 0) is 32.5 Å². The molecule has 1 aliphatic heterocycles. The molecule has 1 aliphatic rings. The molecule has 8 nitrogen and oxygen atoms in total. The molecule has 2 N–H and O–H groups in total. The van der Waals surface area contributed by atoms with Crippen LogP contribution in [0.4, 0.5) is 0 Å². The number of nitrogens with zero attached hydrogens (tertiary/aromatic N) is 1. The van der Waals surface area contributed by atoms with Crippen molar-refractivity contribution >= 4 is 10.0 Å². The van der Waals surface area contributed by atoms with Gasteiger partial charge in [0, 0.05) is 26.1 Å². The van der Waals surface area contributed by atoms with Crippen molar-refractivity contribution in [2.75, 3.05) is 13.7 Å². The highest BCUT2D eigenvalue weighted by Gasteiger charge is 2.31. The van der Waals surface area contributed by atoms with Crippen molar-refractivity contribution in [3.05, 3.63) is 17.5 Å². The van der Waals surface area contributed by atoms with Gasteiger partial charge < -0.3 is 19.1 Å². The van der Waals surface area contributed by atoms with Crippen molar-refractivity contribution in [2.45, 2.75) is 63.3 Å². The summed E-state index contributed by atoms with van der Waals surface area (Å²) < 4.78 is 42.1. The van der Waals surface area contributed by atoms with Crippen molar-refractivity contribution < 1.29 is 27.5 Å². The Morgan fingerprint density at radius 3 is 2.88 bits per heavy atom. The molecule has 0 spiro atoms. The molecule has 3 atom stereocenters. The minimum atomic E-state index is -3.38. The maximum atomic E-state index is 11.8. The van der Waals surface area contributed by atoms with E-state index in [0.29, 0.717) is 31.6 Å². The lowest BCUT2D eigenvalue weighted by molar-refractivity contribution is -0.113. The fraction of sp³-hybridized carbons (Fsp3) is 0.800. The molecular weight excluding hydrogens is 336 g/mol. The van der Waals surface area contributed by atoms with Crippen molar-refractivity contribution in [3.8, 4) is 0 Å². The molecule has 1 aromatic rings. The van der Waals surface area contributed by atoms with Crippen LogP contribution in [-0.4, -0.2) is 55.9 Å². The Bertz CT molecular complexity index is 615. The van der Waals surface area contributed by atoms with Crippen LogP contribution in [0.25, 0.3) is 0 Å². The quantitative estimate of drug-likeness (QED) is 0.696. The Labute approximate surface area is 142 Å². The van der Waals surface area contributed by atoms with Gasteiger partial charge in [-0.3, -0.25) is 0 Å². The Morgan fingerprint density at radius 2 is 2.21 bits per heavy atom. The first-order valence-electron chi connectivity index (χ1n) is 8.07. The first-order chi connectivity index (χ1) is 11.3. The third-order valence-electron chi connectivity index (χ3n) is 4.02. The van der Waals surface area contributed by atoms with E-state index in [1.165, 1.54) is 0 Å². The number of rotatable bonds is 8. The molecule has 1 aromatic heterocycles. The first-order valence-corrected chi connectivity index (χ1v) is 9.62. The number of hydrogen-bond acceptors (Lipinski definition) is 7. The van der Waals surface area contributed by atoms with E-state index in [9.17, 15) is 13.5 Å². The number of aliphatic hydroxyl groups excluding tert-OH is 1. The SMILES string of the molecule is COCc1cc(C[C@@H]2CC[C@H](O)[C@@H](CNS(=O)(=O)C(C)C)O2)no1. The molecule has 2 rings (SSSR count). The average molecular weight is 362 g/mol. The molecule has 24 heavy (non-hydrogen) atoms. The molecule has 0 bridgehead atoms. The van der Waals surface area contributed by atoms with Crippen LogP contribution < -0.4 is 4.72 Å². The van der Waals surface area contributed by atoms with Gasteiger partial charge >= 0.3 is 0 Å². The first kappa shape index (κ1) is 19.3. The maximum Gasteiger partial charge on any atom is 0.214 e. The predicted molar refractivity (Wildman–Crippen MR) is 86.9 cm³/mol. The molecule has 0 radical (unpaired) electrons. The normalized spacial score (nSPS) is 25.3. The van der Waals surface area contributed by atoms with Gasteiger partial charge in [-0.15, -0.1) is 0 Å². The summed E-state index contributed by atoms with van der Waals surface area (Å²) in [7, 11) is -1.80. The summed E-state index contributed by atoms with van der Waals surface area (Å²) in [5.41, 5.74) is 0.755. The highest BCUT2D eigenvalue weighted by atomic mass is 32.2. The molecule has 0 aromatic carbocycles. The fourth-order valence-corrected chi connectivity index (χ4v) is 3.27. The molecule has 138 valence electrons. The second-order valence-electron chi connectivity index (χ2n) is 6.31. The highest BCUT2D eigenvalue weighted by Crippen LogP contribution is 2.22. The van der Waals surface area contributed by atoms with Crippen molar-refractivity contribution in [1.82, 2.24) is 9.88 Å². The number of ether oxygens (including phenoxy) is 2. The Morgan fingerprint density at radius 1 is 1.46 bits per heavy atom. The fourth-order valence-electron chi connectivity index (χ4n) is 2.54. The largest absolute Gasteiger partial charge is 0.390 e. The summed E-state index contributed by atoms with van der Waals surface area (Å²) in [4.78, 5) is 0. The Balaban J connectivity index is 1.89. The molecule has 0 unspecified atom stereocenters. The zero-order valence-electron chi connectivity index (χ0n) is 14.3. The summed E-state index contributed by atoms with van der Waals surface area (Å²) in [5, 5.41) is 13.5. The van der Waals surface area contributed by atoms with E-state index in [0.717, 1.165) is 5.69 Å². The average Bonchev–Trinajstić information content (AvgIpc) is 2.95. The number of hydrogen-bond donors (Lipinski definition) is 2. The molecule has 9 heteroatoms. The van der Waals surface area contributed by atoms with Gasteiger partial charge in [0.1, 0.15) is 6.61 Å². The van der Waals surface area contributed by atoms with Crippen LogP contribution in [0.3, 0.4) is 0 Å². The molecule has 0 saturated carbocycles. The maximum absolute atomic E-state index is 11.8. The molecule has 2 heterocycles. The van der Waals surface area contributed by atoms with Crippen LogP contribution in [0.2, 0.25) is 0 Å². The van der Waals surface area contributed by atoms with E-state index < -0.39 is 27.5 Å². The summed E-state index contributed by atoms with van der Waals surface area (Å²) in [6.07, 6.45) is 0.401. The highest BCUT2D eigenvalue weighted by molar-refractivity contribution is 7.90. The van der Waals surface area contributed by atoms with Gasteiger partial charge in [0.15, 0.2) is 5.76 Å². The van der Waals surface area contributed by atoms with Crippen molar-refractivity contribution in [1.29, 1.82) is 0 Å². The van der Waals surface area contributed by atoms with Gasteiger partial charge in [0.05, 0.1) is 29.3 Å². The van der Waals surface area contributed by atoms with Crippen LogP contribution in [0.15, 0.2) is 10.6 Å². The molecular formula is C15H26N2O6S. The van der Waals surface area contributed by atoms with E-state index >= 15 is 0 Å². The number of aromatic nitrogens is 1. The van der Waals surface area contributed by atoms with Crippen LogP contribution in [0.1, 0.15) is 38.1 Å². The van der Waals surface area contributed by atoms with Gasteiger partial charge in [0.2, 0.25) is 10.0 Å². The van der Waals surface area contributed by atoms with E-state index in [1.807, 2.05) is 6.07 Å². The van der Waals surface area contributed by atoms with Crippen LogP contribution in [0.5, 0.6) is 0 Å². The minimum absolute atomic E-state index is 0.0614. The zero-order chi connectivity index (χ0) is 17.7. The summed E-state index contributed by atoms with van der Waals surface area (Å²) in [5.74, 6) is 0.643. The smallest absolute Gasteiger partial charge is 0.214 e. The minimum Gasteiger partial charge on any atom is -0.390 e. The van der Waals surface area contributed by atoms with Gasteiger partial charge in [0.25, 0.3) is 0 Å². The lowest BCUT2D eigenvalue weighted by atomic mass is 9.98. The summed E-state index contributed by atoms with van der Waals surface area (Å²) >= 11 is 0. The van der Waals surface area contributed by atoms with Gasteiger partial charge in [-0.25, -0.2) is 13.1 Å². The number of methoxy groups -OCH3 is 1. The molecule has 0 amide bonds. The molecule has 1 fully saturated rings. The number of nitrogens with one attached hydrogen (secondary N) is 1. The third-order valence-corrected chi connectivity index (χ3v) is 5.83. The summed E-state index contributed by atoms with van der Waals surface area (Å²) in [6.45, 7) is 3.62. The summed E-state index contributed by atoms with van der Waals surface area (Å²) in [6, 6.07) is 1.81. The lowest BCUT2D eigenvalue weighted by Gasteiger charge is -2.34. The van der Waals surface area contributed by atoms with E-state index in [4.69, 9.17) is 14.0 Å². The second-order valence-corrected chi connectivity index (χ2v) is 8.63. The van der Waals surface area contributed by atoms with E-state index in [2.05, 4.69) is 9.88 Å². The molecule has 0 aliphatic carbocycles. The van der Waals surface area contributed by atoms with Gasteiger partial charge in [-0.1, -0.05) is 5.16 Å². The molecule has 1 saturated heterocycles. The van der Waals surface area contributed by atoms with Crippen LogP contribution in [0, 0.1) is 0 Å². The Kier molecular flexibility index (Phi) is 6.76. The van der Waals surface area contributed by atoms with Crippen molar-refractivity contribution in [3.63, 3.8) is 0 Å². The third kappa shape index (κ3) is 5.25. The monoisotopic (exact) mass is 362 g/mol. The predicted octanol–water partition coefficient (Wildman–Crippen LogP) is 0.600. The van der Waals surface area contributed by atoms with Gasteiger partial charge in [-0.2, -0.15) is 0 Å². The lowest BCUT2D eigenvalue weighted by Crippen LogP contribution is -2.47. The number of sulfonamides is 1. The van der Waals surface area contributed by atoms with E-state index in [-0.39, 0.29) is 12.6 Å². The number of aliphatic hydroxyl groups is 1. The Hall–Kier alpha value is -1.00. The second kappa shape index (κ2) is 8.39.